The zero-order chi connectivity index (χ0) is 24.5. The van der Waals surface area contributed by atoms with Crippen LogP contribution in [0.2, 0.25) is 0 Å². The molecule has 0 amide bonds. The molecular formula is C26H19N7O2S. The predicted molar refractivity (Wildman–Crippen MR) is 138 cm³/mol. The average Bonchev–Trinajstić information content (AvgIpc) is 3.39. The highest BCUT2D eigenvalue weighted by Gasteiger charge is 2.13. The van der Waals surface area contributed by atoms with E-state index in [2.05, 4.69) is 25.1 Å². The number of hydrogen-bond donors (Lipinski definition) is 1. The summed E-state index contributed by atoms with van der Waals surface area (Å²) < 4.78 is 2.94. The summed E-state index contributed by atoms with van der Waals surface area (Å²) in [5.74, 6) is 1.02. The Labute approximate surface area is 208 Å². The van der Waals surface area contributed by atoms with E-state index in [1.54, 1.807) is 41.4 Å². The lowest BCUT2D eigenvalue weighted by molar-refractivity contribution is 0.746. The topological polar surface area (TPSA) is 111 Å². The van der Waals surface area contributed by atoms with E-state index in [0.717, 1.165) is 11.3 Å². The number of fused-ring (bicyclic) bond motifs is 2. The fraction of sp³-hybridized carbons (Fsp3) is 0.0769. The van der Waals surface area contributed by atoms with E-state index in [1.807, 2.05) is 48.5 Å². The number of aromatic amines is 1. The first-order valence-corrected chi connectivity index (χ1v) is 12.2. The molecule has 9 nitrogen and oxygen atoms in total. The van der Waals surface area contributed by atoms with Crippen LogP contribution in [0.3, 0.4) is 0 Å². The van der Waals surface area contributed by atoms with Gasteiger partial charge in [-0.2, -0.15) is 4.98 Å². The van der Waals surface area contributed by atoms with Gasteiger partial charge in [0.05, 0.1) is 34.0 Å². The van der Waals surface area contributed by atoms with E-state index < -0.39 is 0 Å². The van der Waals surface area contributed by atoms with Gasteiger partial charge < -0.3 is 4.57 Å². The minimum atomic E-state index is -0.336. The Bertz CT molecular complexity index is 1810. The summed E-state index contributed by atoms with van der Waals surface area (Å²) in [6, 6.07) is 20.7. The molecule has 1 N–H and O–H groups in total. The van der Waals surface area contributed by atoms with Gasteiger partial charge in [-0.05, 0) is 35.9 Å². The molecule has 5 heterocycles. The maximum Gasteiger partial charge on any atom is 0.266 e. The monoisotopic (exact) mass is 493 g/mol. The molecule has 0 atom stereocenters. The predicted octanol–water partition coefficient (Wildman–Crippen LogP) is 3.55. The van der Waals surface area contributed by atoms with Crippen LogP contribution in [0.4, 0.5) is 0 Å². The molecule has 0 unspecified atom stereocenters. The Morgan fingerprint density at radius 3 is 2.42 bits per heavy atom. The Balaban J connectivity index is 1.35. The highest BCUT2D eigenvalue weighted by atomic mass is 32.2. The van der Waals surface area contributed by atoms with Gasteiger partial charge >= 0.3 is 0 Å². The van der Waals surface area contributed by atoms with Crippen LogP contribution >= 0.6 is 11.8 Å². The van der Waals surface area contributed by atoms with Crippen LogP contribution in [0.1, 0.15) is 11.3 Å². The van der Waals surface area contributed by atoms with Crippen LogP contribution in [0.25, 0.3) is 27.8 Å². The first-order chi connectivity index (χ1) is 17.7. The number of aromatic nitrogens is 7. The van der Waals surface area contributed by atoms with Crippen LogP contribution in [0.5, 0.6) is 0 Å². The molecule has 5 aromatic heterocycles. The molecule has 0 aliphatic heterocycles. The van der Waals surface area contributed by atoms with E-state index in [-0.39, 0.29) is 11.1 Å². The van der Waals surface area contributed by atoms with Crippen LogP contribution in [0.15, 0.2) is 100 Å². The molecule has 1 aromatic carbocycles. The van der Waals surface area contributed by atoms with Crippen LogP contribution < -0.4 is 11.1 Å². The van der Waals surface area contributed by atoms with Gasteiger partial charge in [-0.25, -0.2) is 10.1 Å². The molecule has 0 spiro atoms. The Hall–Kier alpha value is -4.57. The number of rotatable bonds is 6. The highest BCUT2D eigenvalue weighted by Crippen LogP contribution is 2.20. The summed E-state index contributed by atoms with van der Waals surface area (Å²) in [5, 5.41) is 8.30. The van der Waals surface area contributed by atoms with Crippen molar-refractivity contribution < 1.29 is 0 Å². The van der Waals surface area contributed by atoms with Gasteiger partial charge in [0.25, 0.3) is 11.1 Å². The van der Waals surface area contributed by atoms with E-state index >= 15 is 0 Å². The molecule has 36 heavy (non-hydrogen) atoms. The van der Waals surface area contributed by atoms with Gasteiger partial charge in [-0.15, -0.1) is 5.10 Å². The quantitative estimate of drug-likeness (QED) is 0.279. The highest BCUT2D eigenvalue weighted by molar-refractivity contribution is 7.98. The van der Waals surface area contributed by atoms with Crippen molar-refractivity contribution in [3.63, 3.8) is 0 Å². The average molecular weight is 494 g/mol. The summed E-state index contributed by atoms with van der Waals surface area (Å²) >= 11 is 1.47. The van der Waals surface area contributed by atoms with Crippen LogP contribution in [0, 0.1) is 0 Å². The number of benzene rings is 1. The number of H-pyrrole nitrogens is 1. The standard InChI is InChI=1S/C26H19N7O2S/c34-23-19-14-20-22(28-21(19)9-12-32(23)15-18-8-4-5-11-27-18)10-13-33(24(20)35)25-29-26(31-30-25)36-16-17-6-2-1-3-7-17/h1-14H,15-16H2,(H,29,30,31). The van der Waals surface area contributed by atoms with Gasteiger partial charge in [0.2, 0.25) is 11.1 Å². The summed E-state index contributed by atoms with van der Waals surface area (Å²) in [6.45, 7) is 0.328. The minimum Gasteiger partial charge on any atom is -0.309 e. The molecule has 0 saturated carbocycles. The zero-order valence-electron chi connectivity index (χ0n) is 18.9. The number of nitrogens with zero attached hydrogens (tertiary/aromatic N) is 6. The van der Waals surface area contributed by atoms with Gasteiger partial charge in [-0.1, -0.05) is 48.2 Å². The summed E-state index contributed by atoms with van der Waals surface area (Å²) in [7, 11) is 0. The lowest BCUT2D eigenvalue weighted by Gasteiger charge is -2.08. The molecule has 0 aliphatic rings. The molecule has 10 heteroatoms. The number of thioether (sulfide) groups is 1. The third-order valence-corrected chi connectivity index (χ3v) is 6.68. The summed E-state index contributed by atoms with van der Waals surface area (Å²) in [5.41, 5.74) is 2.38. The van der Waals surface area contributed by atoms with Gasteiger partial charge in [0, 0.05) is 24.3 Å². The number of pyridine rings is 4. The zero-order valence-corrected chi connectivity index (χ0v) is 19.7. The SMILES string of the molecule is O=c1c2cc3c(=O)n(-c4nc(SCc5ccccc5)n[nH]4)ccc3nc2ccn1Cc1ccccn1. The third kappa shape index (κ3) is 4.18. The van der Waals surface area contributed by atoms with Crippen molar-refractivity contribution in [2.75, 3.05) is 0 Å². The Kier molecular flexibility index (Phi) is 5.62. The van der Waals surface area contributed by atoms with Gasteiger partial charge in [0.1, 0.15) is 0 Å². The molecule has 0 aliphatic carbocycles. The van der Waals surface area contributed by atoms with E-state index in [9.17, 15) is 9.59 Å². The Morgan fingerprint density at radius 2 is 1.61 bits per heavy atom. The minimum absolute atomic E-state index is 0.235. The van der Waals surface area contributed by atoms with Crippen LogP contribution in [-0.2, 0) is 12.3 Å². The molecule has 6 rings (SSSR count). The molecule has 0 saturated heterocycles. The molecule has 176 valence electrons. The van der Waals surface area contributed by atoms with Gasteiger partial charge in [-0.3, -0.25) is 19.1 Å². The first-order valence-electron chi connectivity index (χ1n) is 11.2. The Morgan fingerprint density at radius 1 is 0.833 bits per heavy atom. The van der Waals surface area contributed by atoms with Crippen molar-refractivity contribution in [3.8, 4) is 5.95 Å². The van der Waals surface area contributed by atoms with E-state index in [4.69, 9.17) is 0 Å². The van der Waals surface area contributed by atoms with Crippen LogP contribution in [-0.4, -0.2) is 34.3 Å². The van der Waals surface area contributed by atoms with Crippen molar-refractivity contribution in [2.45, 2.75) is 17.5 Å². The van der Waals surface area contributed by atoms with Crippen molar-refractivity contribution in [3.05, 3.63) is 117 Å². The lowest BCUT2D eigenvalue weighted by Crippen LogP contribution is -2.22. The number of nitrogens with one attached hydrogen (secondary N) is 1. The second kappa shape index (κ2) is 9.23. The second-order valence-corrected chi connectivity index (χ2v) is 9.07. The molecule has 0 radical (unpaired) electrons. The smallest absolute Gasteiger partial charge is 0.266 e. The van der Waals surface area contributed by atoms with Crippen molar-refractivity contribution >= 4 is 33.6 Å². The van der Waals surface area contributed by atoms with Crippen molar-refractivity contribution in [1.82, 2.24) is 34.3 Å². The largest absolute Gasteiger partial charge is 0.309 e. The van der Waals surface area contributed by atoms with E-state index in [1.165, 1.54) is 16.3 Å². The second-order valence-electron chi connectivity index (χ2n) is 8.13. The third-order valence-electron chi connectivity index (χ3n) is 5.77. The lowest BCUT2D eigenvalue weighted by atomic mass is 10.2. The molecular weight excluding hydrogens is 474 g/mol. The van der Waals surface area contributed by atoms with Gasteiger partial charge in [0.15, 0.2) is 0 Å². The molecule has 6 aromatic rings. The fourth-order valence-electron chi connectivity index (χ4n) is 3.96. The maximum atomic E-state index is 13.4. The summed E-state index contributed by atoms with van der Waals surface area (Å²) in [6.07, 6.45) is 4.99. The van der Waals surface area contributed by atoms with Crippen molar-refractivity contribution in [2.24, 2.45) is 0 Å². The molecule has 0 fully saturated rings. The summed E-state index contributed by atoms with van der Waals surface area (Å²) in [4.78, 5) is 39.9. The molecule has 0 bridgehead atoms. The normalized spacial score (nSPS) is 11.3. The van der Waals surface area contributed by atoms with E-state index in [0.29, 0.717) is 45.2 Å². The number of hydrogen-bond acceptors (Lipinski definition) is 7. The maximum absolute atomic E-state index is 13.4. The van der Waals surface area contributed by atoms with Crippen molar-refractivity contribution in [1.29, 1.82) is 0 Å². The first kappa shape index (κ1) is 21.9. The fourth-order valence-corrected chi connectivity index (χ4v) is 4.70.